The van der Waals surface area contributed by atoms with Crippen molar-refractivity contribution in [3.05, 3.63) is 18.3 Å². The van der Waals surface area contributed by atoms with Gasteiger partial charge in [0.1, 0.15) is 10.7 Å². The number of morpholine rings is 1. The van der Waals surface area contributed by atoms with Gasteiger partial charge in [0.2, 0.25) is 10.0 Å². The Hall–Kier alpha value is -1.22. The highest BCUT2D eigenvalue weighted by Gasteiger charge is 2.29. The van der Waals surface area contributed by atoms with Crippen molar-refractivity contribution >= 4 is 15.8 Å². The number of pyridine rings is 1. The lowest BCUT2D eigenvalue weighted by Gasteiger charge is -2.30. The molecule has 0 saturated carbocycles. The van der Waals surface area contributed by atoms with Gasteiger partial charge in [-0.05, 0) is 46.9 Å². The fourth-order valence-electron chi connectivity index (χ4n) is 3.12. The number of likely N-dealkylation sites (N-methyl/N-ethyl adjacent to an activating group) is 1. The molecule has 1 N–H and O–H groups in total. The average molecular weight is 371 g/mol. The molecule has 1 fully saturated rings. The van der Waals surface area contributed by atoms with E-state index in [1.807, 2.05) is 27.7 Å². The van der Waals surface area contributed by atoms with Crippen LogP contribution in [0, 0.1) is 0 Å². The molecule has 1 aromatic rings. The van der Waals surface area contributed by atoms with Gasteiger partial charge in [0.25, 0.3) is 0 Å². The topological polar surface area (TPSA) is 74.8 Å². The van der Waals surface area contributed by atoms with Crippen LogP contribution in [0.3, 0.4) is 0 Å². The number of nitrogens with zero attached hydrogens (tertiary/aromatic N) is 3. The van der Waals surface area contributed by atoms with Crippen LogP contribution in [0.5, 0.6) is 0 Å². The van der Waals surface area contributed by atoms with Gasteiger partial charge in [0, 0.05) is 37.9 Å². The normalized spacial score (nSPS) is 19.8. The average Bonchev–Trinajstić information content (AvgIpc) is 2.52. The maximum atomic E-state index is 12.8. The zero-order chi connectivity index (χ0) is 18.6. The molecule has 7 nitrogen and oxygen atoms in total. The van der Waals surface area contributed by atoms with E-state index in [0.717, 1.165) is 19.7 Å². The number of rotatable bonds is 7. The Morgan fingerprint density at radius 3 is 2.52 bits per heavy atom. The number of nitrogens with one attached hydrogen (secondary N) is 1. The van der Waals surface area contributed by atoms with Crippen LogP contribution in [0.25, 0.3) is 0 Å². The standard InChI is InChI=1S/C17H30N4O3S/c1-13(2)21(14(3)4)25(22,23)16-6-7-17(19-11-16)18-10-15-12-20(5)8-9-24-15/h6-7,11,13-15H,8-10,12H2,1-5H3,(H,18,19). The molecule has 1 saturated heterocycles. The lowest BCUT2D eigenvalue weighted by atomic mass is 10.3. The Balaban J connectivity index is 2.03. The third-order valence-corrected chi connectivity index (χ3v) is 6.42. The van der Waals surface area contributed by atoms with Gasteiger partial charge in [-0.25, -0.2) is 13.4 Å². The van der Waals surface area contributed by atoms with Gasteiger partial charge in [-0.15, -0.1) is 0 Å². The Labute approximate surface area is 151 Å². The molecule has 1 atom stereocenters. The fourth-order valence-corrected chi connectivity index (χ4v) is 4.90. The maximum Gasteiger partial charge on any atom is 0.245 e. The summed E-state index contributed by atoms with van der Waals surface area (Å²) in [5.74, 6) is 0.649. The number of hydrogen-bond acceptors (Lipinski definition) is 6. The van der Waals surface area contributed by atoms with Crippen LogP contribution in [0.1, 0.15) is 27.7 Å². The zero-order valence-corrected chi connectivity index (χ0v) is 16.6. The summed E-state index contributed by atoms with van der Waals surface area (Å²) in [7, 11) is -1.48. The second-order valence-corrected chi connectivity index (χ2v) is 8.88. The van der Waals surface area contributed by atoms with Crippen LogP contribution < -0.4 is 5.32 Å². The van der Waals surface area contributed by atoms with E-state index >= 15 is 0 Å². The summed E-state index contributed by atoms with van der Waals surface area (Å²) >= 11 is 0. The monoisotopic (exact) mass is 370 g/mol. The van der Waals surface area contributed by atoms with Crippen molar-refractivity contribution < 1.29 is 13.2 Å². The van der Waals surface area contributed by atoms with Crippen molar-refractivity contribution in [1.29, 1.82) is 0 Å². The van der Waals surface area contributed by atoms with Crippen LogP contribution >= 0.6 is 0 Å². The zero-order valence-electron chi connectivity index (χ0n) is 15.8. The molecule has 2 rings (SSSR count). The van der Waals surface area contributed by atoms with Crippen LogP contribution in [-0.2, 0) is 14.8 Å². The minimum absolute atomic E-state index is 0.108. The minimum Gasteiger partial charge on any atom is -0.374 e. The van der Waals surface area contributed by atoms with Gasteiger partial charge in [-0.3, -0.25) is 0 Å². The molecule has 1 aliphatic heterocycles. The summed E-state index contributed by atoms with van der Waals surface area (Å²) in [6.07, 6.45) is 1.53. The van der Waals surface area contributed by atoms with E-state index in [1.165, 1.54) is 10.5 Å². The molecule has 25 heavy (non-hydrogen) atoms. The van der Waals surface area contributed by atoms with Gasteiger partial charge in [0.05, 0.1) is 12.7 Å². The third-order valence-electron chi connectivity index (χ3n) is 4.18. The van der Waals surface area contributed by atoms with E-state index in [9.17, 15) is 8.42 Å². The van der Waals surface area contributed by atoms with Crippen LogP contribution in [0.4, 0.5) is 5.82 Å². The highest BCUT2D eigenvalue weighted by atomic mass is 32.2. The van der Waals surface area contributed by atoms with E-state index < -0.39 is 10.0 Å². The van der Waals surface area contributed by atoms with Crippen molar-refractivity contribution in [2.75, 3.05) is 38.6 Å². The smallest absolute Gasteiger partial charge is 0.245 e. The molecule has 8 heteroatoms. The van der Waals surface area contributed by atoms with Gasteiger partial charge >= 0.3 is 0 Å². The van der Waals surface area contributed by atoms with E-state index in [0.29, 0.717) is 12.4 Å². The van der Waals surface area contributed by atoms with Crippen molar-refractivity contribution in [1.82, 2.24) is 14.2 Å². The highest BCUT2D eigenvalue weighted by molar-refractivity contribution is 7.89. The first-order chi connectivity index (χ1) is 11.7. The molecule has 0 spiro atoms. The maximum absolute atomic E-state index is 12.8. The molecule has 0 aliphatic carbocycles. The van der Waals surface area contributed by atoms with Gasteiger partial charge in [-0.2, -0.15) is 4.31 Å². The van der Waals surface area contributed by atoms with Crippen molar-refractivity contribution in [2.24, 2.45) is 0 Å². The van der Waals surface area contributed by atoms with E-state index in [4.69, 9.17) is 4.74 Å². The predicted molar refractivity (Wildman–Crippen MR) is 99.3 cm³/mol. The van der Waals surface area contributed by atoms with Crippen LogP contribution in [0.15, 0.2) is 23.2 Å². The van der Waals surface area contributed by atoms with E-state index in [-0.39, 0.29) is 23.1 Å². The summed E-state index contributed by atoms with van der Waals surface area (Å²) in [6.45, 7) is 10.7. The predicted octanol–water partition coefficient (Wildman–Crippen LogP) is 1.63. The second kappa shape index (κ2) is 8.44. The molecular weight excluding hydrogens is 340 g/mol. The summed E-state index contributed by atoms with van der Waals surface area (Å²) in [5.41, 5.74) is 0. The molecule has 1 unspecified atom stereocenters. The Morgan fingerprint density at radius 2 is 2.00 bits per heavy atom. The molecule has 0 aromatic carbocycles. The third kappa shape index (κ3) is 5.13. The van der Waals surface area contributed by atoms with Crippen LogP contribution in [-0.4, -0.2) is 74.1 Å². The van der Waals surface area contributed by atoms with Crippen molar-refractivity contribution in [2.45, 2.75) is 50.8 Å². The molecule has 1 aromatic heterocycles. The number of ether oxygens (including phenoxy) is 1. The van der Waals surface area contributed by atoms with Gasteiger partial charge in [-0.1, -0.05) is 0 Å². The molecular formula is C17H30N4O3S. The molecule has 0 radical (unpaired) electrons. The number of sulfonamides is 1. The summed E-state index contributed by atoms with van der Waals surface area (Å²) < 4.78 is 32.8. The van der Waals surface area contributed by atoms with Crippen molar-refractivity contribution in [3.8, 4) is 0 Å². The lowest BCUT2D eigenvalue weighted by molar-refractivity contribution is -0.0117. The number of hydrogen-bond donors (Lipinski definition) is 1. The molecule has 2 heterocycles. The fraction of sp³-hybridized carbons (Fsp3) is 0.706. The lowest BCUT2D eigenvalue weighted by Crippen LogP contribution is -2.43. The minimum atomic E-state index is -3.55. The highest BCUT2D eigenvalue weighted by Crippen LogP contribution is 2.21. The first-order valence-corrected chi connectivity index (χ1v) is 10.2. The molecule has 0 bridgehead atoms. The SMILES string of the molecule is CC(C)N(C(C)C)S(=O)(=O)c1ccc(NCC2CN(C)CCO2)nc1. The number of anilines is 1. The quantitative estimate of drug-likeness (QED) is 0.786. The summed E-state index contributed by atoms with van der Waals surface area (Å²) in [4.78, 5) is 6.71. The second-order valence-electron chi connectivity index (χ2n) is 7.04. The largest absolute Gasteiger partial charge is 0.374 e. The Morgan fingerprint density at radius 1 is 1.32 bits per heavy atom. The van der Waals surface area contributed by atoms with Gasteiger partial charge < -0.3 is 15.0 Å². The van der Waals surface area contributed by atoms with Crippen LogP contribution in [0.2, 0.25) is 0 Å². The molecule has 142 valence electrons. The molecule has 1 aliphatic rings. The van der Waals surface area contributed by atoms with Gasteiger partial charge in [0.15, 0.2) is 0 Å². The van der Waals surface area contributed by atoms with Crippen molar-refractivity contribution in [3.63, 3.8) is 0 Å². The van der Waals surface area contributed by atoms with E-state index in [1.54, 1.807) is 12.1 Å². The molecule has 0 amide bonds. The van der Waals surface area contributed by atoms with E-state index in [2.05, 4.69) is 22.2 Å². The first kappa shape index (κ1) is 20.1. The Kier molecular flexibility index (Phi) is 6.79. The Bertz CT molecular complexity index is 638. The number of aromatic nitrogens is 1. The summed E-state index contributed by atoms with van der Waals surface area (Å²) in [6, 6.07) is 3.10. The first-order valence-electron chi connectivity index (χ1n) is 8.75. The summed E-state index contributed by atoms with van der Waals surface area (Å²) in [5, 5.41) is 3.22.